The quantitative estimate of drug-likeness (QED) is 0.553. The molecule has 112 valence electrons. The predicted octanol–water partition coefficient (Wildman–Crippen LogP) is 3.83. The molecule has 4 nitrogen and oxygen atoms in total. The second-order valence-electron chi connectivity index (χ2n) is 4.99. The molecule has 1 aromatic rings. The van der Waals surface area contributed by atoms with Gasteiger partial charge in [0.1, 0.15) is 0 Å². The Kier molecular flexibility index (Phi) is 7.15. The van der Waals surface area contributed by atoms with Crippen molar-refractivity contribution < 1.29 is 9.31 Å². The van der Waals surface area contributed by atoms with Gasteiger partial charge in [-0.1, -0.05) is 32.4 Å². The van der Waals surface area contributed by atoms with Crippen molar-refractivity contribution >= 4 is 5.69 Å². The molecule has 0 bridgehead atoms. The van der Waals surface area contributed by atoms with Crippen molar-refractivity contribution in [1.29, 1.82) is 0 Å². The summed E-state index contributed by atoms with van der Waals surface area (Å²) in [7, 11) is 0. The van der Waals surface area contributed by atoms with E-state index < -0.39 is 16.4 Å². The monoisotopic (exact) mass is 282 g/mol. The first kappa shape index (κ1) is 16.6. The maximum Gasteiger partial charge on any atom is 0.305 e. The summed E-state index contributed by atoms with van der Waals surface area (Å²) in [6.45, 7) is 5.17. The molecule has 0 fully saturated rings. The largest absolute Gasteiger partial charge is 0.314 e. The Bertz CT molecular complexity index is 438. The van der Waals surface area contributed by atoms with Crippen LogP contribution in [0.5, 0.6) is 0 Å². The van der Waals surface area contributed by atoms with E-state index in [2.05, 4.69) is 19.2 Å². The molecule has 0 aliphatic rings. The highest BCUT2D eigenvalue weighted by Gasteiger charge is 2.17. The number of rotatable bonds is 9. The summed E-state index contributed by atoms with van der Waals surface area (Å²) in [4.78, 5) is 10.0. The van der Waals surface area contributed by atoms with E-state index in [0.29, 0.717) is 18.0 Å². The minimum absolute atomic E-state index is 0.346. The molecule has 1 unspecified atom stereocenters. The SMILES string of the molecule is CCCNC(CCC)CCc1cccc([N+](=O)[O-])c1F. The van der Waals surface area contributed by atoms with Gasteiger partial charge in [-0.3, -0.25) is 10.1 Å². The Morgan fingerprint density at radius 2 is 2.05 bits per heavy atom. The van der Waals surface area contributed by atoms with Crippen LogP contribution in [0.15, 0.2) is 18.2 Å². The number of hydrogen-bond donors (Lipinski definition) is 1. The summed E-state index contributed by atoms with van der Waals surface area (Å²) in [6, 6.07) is 4.73. The van der Waals surface area contributed by atoms with E-state index in [-0.39, 0.29) is 0 Å². The van der Waals surface area contributed by atoms with Gasteiger partial charge in [0.2, 0.25) is 5.82 Å². The Balaban J connectivity index is 2.67. The smallest absolute Gasteiger partial charge is 0.305 e. The third-order valence-electron chi connectivity index (χ3n) is 3.34. The zero-order valence-corrected chi connectivity index (χ0v) is 12.2. The molecule has 1 N–H and O–H groups in total. The van der Waals surface area contributed by atoms with Gasteiger partial charge in [-0.15, -0.1) is 0 Å². The van der Waals surface area contributed by atoms with E-state index in [4.69, 9.17) is 0 Å². The number of nitrogens with zero attached hydrogens (tertiary/aromatic N) is 1. The second kappa shape index (κ2) is 8.64. The average molecular weight is 282 g/mol. The van der Waals surface area contributed by atoms with E-state index in [0.717, 1.165) is 32.2 Å². The van der Waals surface area contributed by atoms with Gasteiger partial charge in [0, 0.05) is 12.1 Å². The number of halogens is 1. The van der Waals surface area contributed by atoms with Gasteiger partial charge < -0.3 is 5.32 Å². The molecular formula is C15H23FN2O2. The molecule has 0 aromatic heterocycles. The molecular weight excluding hydrogens is 259 g/mol. The summed E-state index contributed by atoms with van der Waals surface area (Å²) in [6.07, 6.45) is 4.49. The van der Waals surface area contributed by atoms with Crippen LogP contribution in [0.25, 0.3) is 0 Å². The first-order chi connectivity index (χ1) is 9.60. The predicted molar refractivity (Wildman–Crippen MR) is 78.4 cm³/mol. The Hall–Kier alpha value is -1.49. The van der Waals surface area contributed by atoms with Gasteiger partial charge in [-0.25, -0.2) is 0 Å². The fourth-order valence-electron chi connectivity index (χ4n) is 2.28. The summed E-state index contributed by atoms with van der Waals surface area (Å²) in [5.74, 6) is -0.691. The molecule has 20 heavy (non-hydrogen) atoms. The van der Waals surface area contributed by atoms with Crippen LogP contribution in [0.2, 0.25) is 0 Å². The van der Waals surface area contributed by atoms with Crippen molar-refractivity contribution in [3.8, 4) is 0 Å². The van der Waals surface area contributed by atoms with Crippen molar-refractivity contribution in [2.75, 3.05) is 6.54 Å². The summed E-state index contributed by atoms with van der Waals surface area (Å²) >= 11 is 0. The number of hydrogen-bond acceptors (Lipinski definition) is 3. The van der Waals surface area contributed by atoms with E-state index in [1.54, 1.807) is 12.1 Å². The van der Waals surface area contributed by atoms with E-state index in [1.165, 1.54) is 6.07 Å². The van der Waals surface area contributed by atoms with Crippen LogP contribution in [0.4, 0.5) is 10.1 Å². The lowest BCUT2D eigenvalue weighted by molar-refractivity contribution is -0.387. The molecule has 0 aliphatic heterocycles. The third-order valence-corrected chi connectivity index (χ3v) is 3.34. The van der Waals surface area contributed by atoms with Gasteiger partial charge in [0.05, 0.1) is 4.92 Å². The molecule has 0 saturated heterocycles. The number of nitrogens with one attached hydrogen (secondary N) is 1. The van der Waals surface area contributed by atoms with Crippen LogP contribution in [0.3, 0.4) is 0 Å². The second-order valence-corrected chi connectivity index (χ2v) is 4.99. The van der Waals surface area contributed by atoms with E-state index in [9.17, 15) is 14.5 Å². The van der Waals surface area contributed by atoms with Crippen LogP contribution in [-0.4, -0.2) is 17.5 Å². The maximum atomic E-state index is 13.9. The lowest BCUT2D eigenvalue weighted by atomic mass is 10.0. The molecule has 0 spiro atoms. The van der Waals surface area contributed by atoms with Crippen LogP contribution in [0, 0.1) is 15.9 Å². The van der Waals surface area contributed by atoms with Gasteiger partial charge in [0.25, 0.3) is 0 Å². The normalized spacial score (nSPS) is 12.3. The lowest BCUT2D eigenvalue weighted by Gasteiger charge is -2.17. The highest BCUT2D eigenvalue weighted by atomic mass is 19.1. The molecule has 1 aromatic carbocycles. The van der Waals surface area contributed by atoms with Crippen molar-refractivity contribution in [2.24, 2.45) is 0 Å². The minimum Gasteiger partial charge on any atom is -0.314 e. The highest BCUT2D eigenvalue weighted by Crippen LogP contribution is 2.21. The summed E-state index contributed by atoms with van der Waals surface area (Å²) < 4.78 is 13.9. The Morgan fingerprint density at radius 3 is 2.65 bits per heavy atom. The van der Waals surface area contributed by atoms with Crippen LogP contribution in [-0.2, 0) is 6.42 Å². The fraction of sp³-hybridized carbons (Fsp3) is 0.600. The third kappa shape index (κ3) is 4.89. The molecule has 0 aliphatic carbocycles. The lowest BCUT2D eigenvalue weighted by Crippen LogP contribution is -2.30. The van der Waals surface area contributed by atoms with E-state index >= 15 is 0 Å². The van der Waals surface area contributed by atoms with Gasteiger partial charge in [0.15, 0.2) is 0 Å². The zero-order chi connectivity index (χ0) is 15.0. The Morgan fingerprint density at radius 1 is 1.30 bits per heavy atom. The van der Waals surface area contributed by atoms with E-state index in [1.807, 2.05) is 0 Å². The van der Waals surface area contributed by atoms with Crippen LogP contribution < -0.4 is 5.32 Å². The summed E-state index contributed by atoms with van der Waals surface area (Å²) in [5.41, 5.74) is -0.00494. The first-order valence-electron chi connectivity index (χ1n) is 7.25. The molecule has 0 amide bonds. The van der Waals surface area contributed by atoms with Gasteiger partial charge >= 0.3 is 5.69 Å². The molecule has 1 atom stereocenters. The molecule has 0 radical (unpaired) electrons. The van der Waals surface area contributed by atoms with Crippen molar-refractivity contribution in [3.63, 3.8) is 0 Å². The average Bonchev–Trinajstić information content (AvgIpc) is 2.42. The minimum atomic E-state index is -0.691. The first-order valence-corrected chi connectivity index (χ1v) is 7.25. The van der Waals surface area contributed by atoms with Gasteiger partial charge in [-0.2, -0.15) is 4.39 Å². The molecule has 5 heteroatoms. The number of nitro groups is 1. The van der Waals surface area contributed by atoms with Crippen molar-refractivity contribution in [2.45, 2.75) is 52.0 Å². The highest BCUT2D eigenvalue weighted by molar-refractivity contribution is 5.36. The fourth-order valence-corrected chi connectivity index (χ4v) is 2.28. The zero-order valence-electron chi connectivity index (χ0n) is 12.2. The van der Waals surface area contributed by atoms with Crippen LogP contribution in [0.1, 0.15) is 45.1 Å². The van der Waals surface area contributed by atoms with Crippen LogP contribution >= 0.6 is 0 Å². The number of nitro benzene ring substituents is 1. The van der Waals surface area contributed by atoms with Crippen molar-refractivity contribution in [1.82, 2.24) is 5.32 Å². The van der Waals surface area contributed by atoms with Crippen molar-refractivity contribution in [3.05, 3.63) is 39.7 Å². The topological polar surface area (TPSA) is 55.2 Å². The number of benzene rings is 1. The standard InChI is InChI=1S/C15H23FN2O2/c1-3-6-13(17-11-4-2)10-9-12-7-5-8-14(15(12)16)18(19)20/h5,7-8,13,17H,3-4,6,9-11H2,1-2H3. The Labute approximate surface area is 119 Å². The molecule has 0 saturated carbocycles. The molecule has 0 heterocycles. The number of aryl methyl sites for hydroxylation is 1. The maximum absolute atomic E-state index is 13.9. The molecule has 1 rings (SSSR count). The summed E-state index contributed by atoms with van der Waals surface area (Å²) in [5, 5.41) is 14.2. The van der Waals surface area contributed by atoms with Gasteiger partial charge in [-0.05, 0) is 37.8 Å².